The van der Waals surface area contributed by atoms with Crippen LogP contribution >= 0.6 is 0 Å². The Morgan fingerprint density at radius 3 is 2.33 bits per heavy atom. The fraction of sp³-hybridized carbons (Fsp3) is 0.350. The third kappa shape index (κ3) is 4.07. The monoisotopic (exact) mass is 323 g/mol. The van der Waals surface area contributed by atoms with Crippen molar-refractivity contribution in [3.8, 4) is 0 Å². The van der Waals surface area contributed by atoms with Crippen LogP contribution in [0.5, 0.6) is 0 Å². The molecule has 4 heteroatoms. The van der Waals surface area contributed by atoms with Crippen molar-refractivity contribution < 1.29 is 4.79 Å². The summed E-state index contributed by atoms with van der Waals surface area (Å²) in [5.41, 5.74) is 3.82. The van der Waals surface area contributed by atoms with Crippen molar-refractivity contribution >= 4 is 11.7 Å². The molecule has 0 spiro atoms. The maximum absolute atomic E-state index is 12.3. The van der Waals surface area contributed by atoms with Crippen LogP contribution in [0.2, 0.25) is 0 Å². The van der Waals surface area contributed by atoms with Crippen LogP contribution in [-0.2, 0) is 6.42 Å². The summed E-state index contributed by atoms with van der Waals surface area (Å²) in [4.78, 5) is 16.6. The van der Waals surface area contributed by atoms with Gasteiger partial charge in [-0.3, -0.25) is 0 Å². The van der Waals surface area contributed by atoms with E-state index in [9.17, 15) is 4.79 Å². The molecule has 1 aliphatic heterocycles. The first-order chi connectivity index (χ1) is 11.7. The van der Waals surface area contributed by atoms with Gasteiger partial charge in [0.1, 0.15) is 0 Å². The van der Waals surface area contributed by atoms with Crippen LogP contribution in [0.1, 0.15) is 11.1 Å². The van der Waals surface area contributed by atoms with Crippen molar-refractivity contribution in [2.45, 2.75) is 13.3 Å². The van der Waals surface area contributed by atoms with Crippen LogP contribution < -0.4 is 10.2 Å². The molecule has 2 aromatic carbocycles. The van der Waals surface area contributed by atoms with Crippen LogP contribution in [0.15, 0.2) is 54.6 Å². The molecule has 1 heterocycles. The quantitative estimate of drug-likeness (QED) is 0.938. The smallest absolute Gasteiger partial charge is 0.317 e. The zero-order valence-electron chi connectivity index (χ0n) is 14.2. The molecule has 0 atom stereocenters. The minimum absolute atomic E-state index is 0.0513. The molecule has 0 aromatic heterocycles. The van der Waals surface area contributed by atoms with Gasteiger partial charge in [0.2, 0.25) is 0 Å². The van der Waals surface area contributed by atoms with E-state index in [0.29, 0.717) is 6.54 Å². The molecule has 24 heavy (non-hydrogen) atoms. The zero-order valence-corrected chi connectivity index (χ0v) is 14.2. The van der Waals surface area contributed by atoms with Gasteiger partial charge in [-0.25, -0.2) is 4.79 Å². The number of piperazine rings is 1. The fourth-order valence-corrected chi connectivity index (χ4v) is 3.14. The highest BCUT2D eigenvalue weighted by Crippen LogP contribution is 2.20. The molecule has 4 nitrogen and oxygen atoms in total. The van der Waals surface area contributed by atoms with Crippen LogP contribution in [0.3, 0.4) is 0 Å². The molecule has 126 valence electrons. The Hall–Kier alpha value is -2.49. The average Bonchev–Trinajstić information content (AvgIpc) is 2.63. The molecule has 0 bridgehead atoms. The molecule has 0 saturated carbocycles. The van der Waals surface area contributed by atoms with Crippen molar-refractivity contribution in [2.24, 2.45) is 0 Å². The molecule has 0 aliphatic carbocycles. The molecule has 1 fully saturated rings. The molecule has 2 aromatic rings. The summed E-state index contributed by atoms with van der Waals surface area (Å²) in [6.07, 6.45) is 0.871. The Kier molecular flexibility index (Phi) is 5.36. The van der Waals surface area contributed by atoms with Crippen LogP contribution in [-0.4, -0.2) is 43.7 Å². The minimum Gasteiger partial charge on any atom is -0.368 e. The Morgan fingerprint density at radius 1 is 0.958 bits per heavy atom. The van der Waals surface area contributed by atoms with E-state index in [-0.39, 0.29) is 6.03 Å². The Morgan fingerprint density at radius 2 is 1.62 bits per heavy atom. The van der Waals surface area contributed by atoms with Crippen molar-refractivity contribution in [2.75, 3.05) is 37.6 Å². The Labute approximate surface area is 144 Å². The van der Waals surface area contributed by atoms with E-state index in [2.05, 4.69) is 53.5 Å². The predicted molar refractivity (Wildman–Crippen MR) is 98.5 cm³/mol. The minimum atomic E-state index is 0.0513. The number of nitrogens with zero attached hydrogens (tertiary/aromatic N) is 2. The number of aryl methyl sites for hydroxylation is 1. The third-order valence-corrected chi connectivity index (χ3v) is 4.56. The number of rotatable bonds is 4. The number of nitrogens with one attached hydrogen (secondary N) is 1. The first-order valence-corrected chi connectivity index (χ1v) is 8.61. The van der Waals surface area contributed by atoms with Gasteiger partial charge < -0.3 is 15.1 Å². The molecule has 3 rings (SSSR count). The van der Waals surface area contributed by atoms with E-state index < -0.39 is 0 Å². The van der Waals surface area contributed by atoms with Gasteiger partial charge in [-0.2, -0.15) is 0 Å². The number of amides is 2. The predicted octanol–water partition coefficient (Wildman–Crippen LogP) is 3.07. The lowest BCUT2D eigenvalue weighted by Crippen LogP contribution is -2.52. The van der Waals surface area contributed by atoms with Crippen molar-refractivity contribution in [3.63, 3.8) is 0 Å². The van der Waals surface area contributed by atoms with Gasteiger partial charge in [0.05, 0.1) is 0 Å². The van der Waals surface area contributed by atoms with Crippen molar-refractivity contribution in [1.29, 1.82) is 0 Å². The van der Waals surface area contributed by atoms with E-state index in [4.69, 9.17) is 0 Å². The summed E-state index contributed by atoms with van der Waals surface area (Å²) < 4.78 is 0. The van der Waals surface area contributed by atoms with E-state index >= 15 is 0 Å². The first kappa shape index (κ1) is 16.4. The van der Waals surface area contributed by atoms with E-state index in [0.717, 1.165) is 32.6 Å². The van der Waals surface area contributed by atoms with Crippen LogP contribution in [0, 0.1) is 6.92 Å². The Balaban J connectivity index is 1.44. The molecule has 0 unspecified atom stereocenters. The van der Waals surface area contributed by atoms with Crippen molar-refractivity contribution in [1.82, 2.24) is 10.2 Å². The van der Waals surface area contributed by atoms with Crippen LogP contribution in [0.25, 0.3) is 0 Å². The lowest BCUT2D eigenvalue weighted by Gasteiger charge is -2.36. The highest BCUT2D eigenvalue weighted by molar-refractivity contribution is 5.74. The SMILES string of the molecule is Cc1ccccc1N1CCN(C(=O)NCCc2ccccc2)CC1. The number of para-hydroxylation sites is 1. The fourth-order valence-electron chi connectivity index (χ4n) is 3.14. The van der Waals surface area contributed by atoms with Gasteiger partial charge >= 0.3 is 6.03 Å². The maximum Gasteiger partial charge on any atom is 0.317 e. The highest BCUT2D eigenvalue weighted by atomic mass is 16.2. The number of carbonyl (C=O) groups is 1. The summed E-state index contributed by atoms with van der Waals surface area (Å²) in [7, 11) is 0. The molecule has 1 saturated heterocycles. The van der Waals surface area contributed by atoms with E-state index in [1.165, 1.54) is 16.8 Å². The van der Waals surface area contributed by atoms with Crippen LogP contribution in [0.4, 0.5) is 10.5 Å². The summed E-state index contributed by atoms with van der Waals surface area (Å²) in [5.74, 6) is 0. The molecule has 1 N–H and O–H groups in total. The summed E-state index contributed by atoms with van der Waals surface area (Å²) >= 11 is 0. The largest absolute Gasteiger partial charge is 0.368 e. The number of carbonyl (C=O) groups excluding carboxylic acids is 1. The molecule has 1 aliphatic rings. The van der Waals surface area contributed by atoms with Gasteiger partial charge in [-0.05, 0) is 30.5 Å². The molecular formula is C20H25N3O. The first-order valence-electron chi connectivity index (χ1n) is 8.61. The van der Waals surface area contributed by atoms with E-state index in [1.807, 2.05) is 23.1 Å². The second kappa shape index (κ2) is 7.86. The van der Waals surface area contributed by atoms with Gasteiger partial charge in [0.15, 0.2) is 0 Å². The summed E-state index contributed by atoms with van der Waals surface area (Å²) in [5, 5.41) is 3.04. The van der Waals surface area contributed by atoms with Gasteiger partial charge in [0.25, 0.3) is 0 Å². The van der Waals surface area contributed by atoms with Gasteiger partial charge in [0, 0.05) is 38.4 Å². The standard InChI is InChI=1S/C20H25N3O/c1-17-7-5-6-10-19(17)22-13-15-23(16-14-22)20(24)21-12-11-18-8-3-2-4-9-18/h2-10H,11-16H2,1H3,(H,21,24). The molecular weight excluding hydrogens is 298 g/mol. The number of hydrogen-bond donors (Lipinski definition) is 1. The number of benzene rings is 2. The lowest BCUT2D eigenvalue weighted by molar-refractivity contribution is 0.194. The van der Waals surface area contributed by atoms with Gasteiger partial charge in [-0.15, -0.1) is 0 Å². The molecule has 2 amide bonds. The second-order valence-corrected chi connectivity index (χ2v) is 6.23. The topological polar surface area (TPSA) is 35.6 Å². The zero-order chi connectivity index (χ0) is 16.8. The third-order valence-electron chi connectivity index (χ3n) is 4.56. The molecule has 0 radical (unpaired) electrons. The van der Waals surface area contributed by atoms with Gasteiger partial charge in [-0.1, -0.05) is 48.5 Å². The average molecular weight is 323 g/mol. The van der Waals surface area contributed by atoms with E-state index in [1.54, 1.807) is 0 Å². The second-order valence-electron chi connectivity index (χ2n) is 6.23. The number of anilines is 1. The van der Waals surface area contributed by atoms with Crippen molar-refractivity contribution in [3.05, 3.63) is 65.7 Å². The maximum atomic E-state index is 12.3. The number of hydrogen-bond acceptors (Lipinski definition) is 2. The number of urea groups is 1. The highest BCUT2D eigenvalue weighted by Gasteiger charge is 2.21. The normalized spacial score (nSPS) is 14.5. The lowest BCUT2D eigenvalue weighted by atomic mass is 10.1. The summed E-state index contributed by atoms with van der Waals surface area (Å²) in [6.45, 7) is 6.13. The Bertz CT molecular complexity index is 664. The summed E-state index contributed by atoms with van der Waals surface area (Å²) in [6, 6.07) is 18.7.